The maximum Gasteiger partial charge on any atom is 0.271 e. The number of benzene rings is 1. The van der Waals surface area contributed by atoms with Gasteiger partial charge in [-0.05, 0) is 26.8 Å². The molecular weight excluding hydrogens is 318 g/mol. The van der Waals surface area contributed by atoms with E-state index in [2.05, 4.69) is 15.5 Å². The van der Waals surface area contributed by atoms with Crippen molar-refractivity contribution in [1.29, 1.82) is 0 Å². The Labute approximate surface area is 137 Å². The lowest BCUT2D eigenvalue weighted by molar-refractivity contribution is -0.384. The van der Waals surface area contributed by atoms with Crippen LogP contribution in [0.2, 0.25) is 0 Å². The molecule has 0 aliphatic carbocycles. The van der Waals surface area contributed by atoms with E-state index < -0.39 is 10.2 Å². The summed E-state index contributed by atoms with van der Waals surface area (Å²) in [6.07, 6.45) is 1.62. The van der Waals surface area contributed by atoms with Crippen molar-refractivity contribution in [2.75, 3.05) is 5.32 Å². The Bertz CT molecular complexity index is 716. The molecule has 2 aromatic rings. The molecule has 1 aromatic heterocycles. The Morgan fingerprint density at radius 2 is 2.13 bits per heavy atom. The first kappa shape index (κ1) is 16.9. The van der Waals surface area contributed by atoms with Gasteiger partial charge in [-0.3, -0.25) is 14.9 Å². The van der Waals surface area contributed by atoms with Crippen LogP contribution in [-0.2, 0) is 4.79 Å². The van der Waals surface area contributed by atoms with E-state index in [4.69, 9.17) is 0 Å². The van der Waals surface area contributed by atoms with Crippen molar-refractivity contribution in [3.05, 3.63) is 40.7 Å². The van der Waals surface area contributed by atoms with Crippen molar-refractivity contribution in [3.63, 3.8) is 0 Å². The topological polar surface area (TPSA) is 103 Å². The molecular formula is C14H17N5O3S. The molecule has 8 nitrogen and oxygen atoms in total. The summed E-state index contributed by atoms with van der Waals surface area (Å²) in [5.41, 5.74) is 0.324. The standard InChI is InChI=1S/C14H17N5O3S/c1-9(2)18-8-15-17-14(18)23-10(3)13(20)16-11-5-4-6-12(7-11)19(21)22/h4-10H,1-3H3,(H,16,20). The van der Waals surface area contributed by atoms with Crippen molar-refractivity contribution < 1.29 is 9.72 Å². The van der Waals surface area contributed by atoms with Crippen LogP contribution in [0.25, 0.3) is 0 Å². The Morgan fingerprint density at radius 3 is 2.78 bits per heavy atom. The molecule has 9 heteroatoms. The summed E-state index contributed by atoms with van der Waals surface area (Å²) in [5.74, 6) is -0.256. The number of anilines is 1. The van der Waals surface area contributed by atoms with Gasteiger partial charge in [-0.2, -0.15) is 0 Å². The van der Waals surface area contributed by atoms with E-state index in [0.29, 0.717) is 10.8 Å². The number of aromatic nitrogens is 3. The van der Waals surface area contributed by atoms with Crippen molar-refractivity contribution >= 4 is 29.0 Å². The largest absolute Gasteiger partial charge is 0.325 e. The zero-order chi connectivity index (χ0) is 17.0. The minimum absolute atomic E-state index is 0.0670. The molecule has 23 heavy (non-hydrogen) atoms. The Kier molecular flexibility index (Phi) is 5.32. The third-order valence-corrected chi connectivity index (χ3v) is 4.14. The molecule has 1 aromatic carbocycles. The lowest BCUT2D eigenvalue weighted by Gasteiger charge is -2.14. The highest BCUT2D eigenvalue weighted by atomic mass is 32.2. The number of hydrogen-bond donors (Lipinski definition) is 1. The van der Waals surface area contributed by atoms with E-state index in [1.165, 1.54) is 30.0 Å². The fourth-order valence-corrected chi connectivity index (χ4v) is 2.78. The highest BCUT2D eigenvalue weighted by molar-refractivity contribution is 8.00. The van der Waals surface area contributed by atoms with Crippen LogP contribution in [0, 0.1) is 10.1 Å². The predicted octanol–water partition coefficient (Wildman–Crippen LogP) is 2.89. The van der Waals surface area contributed by atoms with Gasteiger partial charge < -0.3 is 9.88 Å². The molecule has 1 unspecified atom stereocenters. The normalized spacial score (nSPS) is 12.2. The zero-order valence-electron chi connectivity index (χ0n) is 13.0. The van der Waals surface area contributed by atoms with Gasteiger partial charge >= 0.3 is 0 Å². The van der Waals surface area contributed by atoms with Gasteiger partial charge in [-0.15, -0.1) is 10.2 Å². The van der Waals surface area contributed by atoms with Gasteiger partial charge in [-0.1, -0.05) is 17.8 Å². The number of nitrogens with zero attached hydrogens (tertiary/aromatic N) is 4. The van der Waals surface area contributed by atoms with Crippen LogP contribution in [0.3, 0.4) is 0 Å². The third kappa shape index (κ3) is 4.28. The molecule has 0 aliphatic heterocycles. The fraction of sp³-hybridized carbons (Fsp3) is 0.357. The summed E-state index contributed by atoms with van der Waals surface area (Å²) in [6.45, 7) is 5.75. The first-order valence-electron chi connectivity index (χ1n) is 7.00. The molecule has 0 fully saturated rings. The smallest absolute Gasteiger partial charge is 0.271 e. The van der Waals surface area contributed by atoms with Gasteiger partial charge in [0.15, 0.2) is 5.16 Å². The number of carbonyl (C=O) groups is 1. The summed E-state index contributed by atoms with van der Waals surface area (Å²) in [4.78, 5) is 22.5. The van der Waals surface area contributed by atoms with Gasteiger partial charge in [0.2, 0.25) is 5.91 Å². The van der Waals surface area contributed by atoms with Gasteiger partial charge in [0.25, 0.3) is 5.69 Å². The quantitative estimate of drug-likeness (QED) is 0.494. The molecule has 1 amide bonds. The van der Waals surface area contributed by atoms with E-state index in [1.54, 1.807) is 19.3 Å². The van der Waals surface area contributed by atoms with Gasteiger partial charge in [0.05, 0.1) is 10.2 Å². The predicted molar refractivity (Wildman–Crippen MR) is 87.5 cm³/mol. The van der Waals surface area contributed by atoms with Crippen LogP contribution in [-0.4, -0.2) is 30.8 Å². The number of nitro benzene ring substituents is 1. The Morgan fingerprint density at radius 1 is 1.39 bits per heavy atom. The molecule has 2 rings (SSSR count). The first-order chi connectivity index (χ1) is 10.9. The van der Waals surface area contributed by atoms with Crippen LogP contribution < -0.4 is 5.32 Å². The number of non-ortho nitro benzene ring substituents is 1. The number of hydrogen-bond acceptors (Lipinski definition) is 6. The second-order valence-corrected chi connectivity index (χ2v) is 6.48. The van der Waals surface area contributed by atoms with Gasteiger partial charge in [0, 0.05) is 23.9 Å². The highest BCUT2D eigenvalue weighted by Gasteiger charge is 2.19. The van der Waals surface area contributed by atoms with E-state index in [9.17, 15) is 14.9 Å². The molecule has 0 radical (unpaired) electrons. The molecule has 0 spiro atoms. The average molecular weight is 335 g/mol. The average Bonchev–Trinajstić information content (AvgIpc) is 2.95. The number of nitrogens with one attached hydrogen (secondary N) is 1. The lowest BCUT2D eigenvalue weighted by atomic mass is 10.2. The second-order valence-electron chi connectivity index (χ2n) is 5.17. The third-order valence-electron chi connectivity index (χ3n) is 3.07. The van der Waals surface area contributed by atoms with Crippen LogP contribution in [0.5, 0.6) is 0 Å². The van der Waals surface area contributed by atoms with E-state index in [0.717, 1.165) is 0 Å². The highest BCUT2D eigenvalue weighted by Crippen LogP contribution is 2.25. The molecule has 0 aliphatic rings. The summed E-state index contributed by atoms with van der Waals surface area (Å²) >= 11 is 1.29. The second kappa shape index (κ2) is 7.23. The van der Waals surface area contributed by atoms with Crippen LogP contribution in [0.4, 0.5) is 11.4 Å². The van der Waals surface area contributed by atoms with E-state index >= 15 is 0 Å². The van der Waals surface area contributed by atoms with Crippen LogP contribution in [0.1, 0.15) is 26.8 Å². The number of nitro groups is 1. The molecule has 1 heterocycles. The summed E-state index contributed by atoms with van der Waals surface area (Å²) in [6, 6.07) is 6.03. The summed E-state index contributed by atoms with van der Waals surface area (Å²) < 4.78 is 1.88. The van der Waals surface area contributed by atoms with E-state index in [-0.39, 0.29) is 17.6 Å². The van der Waals surface area contributed by atoms with Gasteiger partial charge in [0.1, 0.15) is 6.33 Å². The van der Waals surface area contributed by atoms with Crippen molar-refractivity contribution in [3.8, 4) is 0 Å². The molecule has 0 saturated carbocycles. The SMILES string of the molecule is CC(Sc1nncn1C(C)C)C(=O)Nc1cccc([N+](=O)[O-])c1. The molecule has 0 saturated heterocycles. The molecule has 0 bridgehead atoms. The zero-order valence-corrected chi connectivity index (χ0v) is 13.8. The number of rotatable bonds is 6. The molecule has 1 atom stereocenters. The fourth-order valence-electron chi connectivity index (χ4n) is 1.82. The van der Waals surface area contributed by atoms with Crippen molar-refractivity contribution in [1.82, 2.24) is 14.8 Å². The minimum Gasteiger partial charge on any atom is -0.325 e. The van der Waals surface area contributed by atoms with Crippen molar-refractivity contribution in [2.45, 2.75) is 37.2 Å². The monoisotopic (exact) mass is 335 g/mol. The number of thioether (sulfide) groups is 1. The van der Waals surface area contributed by atoms with Gasteiger partial charge in [-0.25, -0.2) is 0 Å². The van der Waals surface area contributed by atoms with Crippen molar-refractivity contribution in [2.24, 2.45) is 0 Å². The maximum absolute atomic E-state index is 12.2. The minimum atomic E-state index is -0.501. The summed E-state index contributed by atoms with van der Waals surface area (Å²) in [5, 5.41) is 21.5. The Balaban J connectivity index is 2.04. The first-order valence-corrected chi connectivity index (χ1v) is 7.88. The summed E-state index contributed by atoms with van der Waals surface area (Å²) in [7, 11) is 0. The van der Waals surface area contributed by atoms with E-state index in [1.807, 2.05) is 18.4 Å². The molecule has 122 valence electrons. The van der Waals surface area contributed by atoms with Crippen LogP contribution >= 0.6 is 11.8 Å². The molecule has 1 N–H and O–H groups in total. The lowest BCUT2D eigenvalue weighted by Crippen LogP contribution is -2.23. The Hall–Kier alpha value is -2.42. The maximum atomic E-state index is 12.2. The van der Waals surface area contributed by atoms with Crippen LogP contribution in [0.15, 0.2) is 35.7 Å². The number of carbonyl (C=O) groups excluding carboxylic acids is 1. The number of amides is 1.